The fourth-order valence-corrected chi connectivity index (χ4v) is 2.71. The van der Waals surface area contributed by atoms with Gasteiger partial charge >= 0.3 is 0 Å². The number of hydrogen-bond donors (Lipinski definition) is 2. The smallest absolute Gasteiger partial charge is 0.240 e. The van der Waals surface area contributed by atoms with Gasteiger partial charge in [-0.15, -0.1) is 0 Å². The van der Waals surface area contributed by atoms with Crippen LogP contribution in [-0.2, 0) is 11.3 Å². The summed E-state index contributed by atoms with van der Waals surface area (Å²) in [6.45, 7) is 0.658. The lowest BCUT2D eigenvalue weighted by molar-refractivity contribution is -0.126. The summed E-state index contributed by atoms with van der Waals surface area (Å²) in [5.74, 6) is 1.39. The van der Waals surface area contributed by atoms with E-state index in [1.165, 1.54) is 0 Å². The summed E-state index contributed by atoms with van der Waals surface area (Å²) in [6, 6.07) is 5.67. The predicted molar refractivity (Wildman–Crippen MR) is 69.8 cm³/mol. The van der Waals surface area contributed by atoms with Crippen LogP contribution in [0.2, 0.25) is 0 Å². The van der Waals surface area contributed by atoms with Crippen LogP contribution < -0.4 is 20.5 Å². The van der Waals surface area contributed by atoms with E-state index in [9.17, 15) is 4.79 Å². The van der Waals surface area contributed by atoms with Crippen LogP contribution in [0.1, 0.15) is 31.2 Å². The molecular formula is C14H18N2O3. The molecule has 1 aromatic carbocycles. The molecule has 0 radical (unpaired) electrons. The van der Waals surface area contributed by atoms with Gasteiger partial charge in [0.2, 0.25) is 12.7 Å². The molecule has 2 aliphatic rings. The summed E-state index contributed by atoms with van der Waals surface area (Å²) in [5, 5.41) is 2.91. The second-order valence-electron chi connectivity index (χ2n) is 5.20. The van der Waals surface area contributed by atoms with Crippen molar-refractivity contribution in [2.75, 3.05) is 6.79 Å². The number of para-hydroxylation sites is 1. The molecule has 0 bridgehead atoms. The van der Waals surface area contributed by atoms with Gasteiger partial charge in [0.1, 0.15) is 0 Å². The van der Waals surface area contributed by atoms with Crippen LogP contribution in [0.15, 0.2) is 18.2 Å². The Morgan fingerprint density at radius 1 is 1.32 bits per heavy atom. The highest BCUT2D eigenvalue weighted by Gasteiger charge is 2.36. The van der Waals surface area contributed by atoms with Crippen LogP contribution >= 0.6 is 0 Å². The van der Waals surface area contributed by atoms with Gasteiger partial charge in [-0.05, 0) is 18.9 Å². The lowest BCUT2D eigenvalue weighted by Gasteiger charge is -2.22. The first-order valence-electron chi connectivity index (χ1n) is 6.64. The van der Waals surface area contributed by atoms with Crippen molar-refractivity contribution in [3.63, 3.8) is 0 Å². The Labute approximate surface area is 112 Å². The van der Waals surface area contributed by atoms with Gasteiger partial charge < -0.3 is 20.5 Å². The number of carbonyl (C=O) groups excluding carboxylic acids is 1. The monoisotopic (exact) mass is 262 g/mol. The maximum absolute atomic E-state index is 12.1. The van der Waals surface area contributed by atoms with Gasteiger partial charge in [-0.2, -0.15) is 0 Å². The Morgan fingerprint density at radius 2 is 2.11 bits per heavy atom. The van der Waals surface area contributed by atoms with E-state index in [-0.39, 0.29) is 12.7 Å². The fraction of sp³-hybridized carbons (Fsp3) is 0.500. The van der Waals surface area contributed by atoms with Gasteiger partial charge in [-0.1, -0.05) is 25.0 Å². The van der Waals surface area contributed by atoms with Crippen molar-refractivity contribution in [3.05, 3.63) is 23.8 Å². The molecule has 1 aliphatic carbocycles. The molecule has 1 aromatic rings. The summed E-state index contributed by atoms with van der Waals surface area (Å²) in [6.07, 6.45) is 3.60. The molecule has 5 nitrogen and oxygen atoms in total. The summed E-state index contributed by atoms with van der Waals surface area (Å²) >= 11 is 0. The Hall–Kier alpha value is -1.75. The molecular weight excluding hydrogens is 244 g/mol. The molecule has 0 atom stereocenters. The predicted octanol–water partition coefficient (Wildman–Crippen LogP) is 1.30. The van der Waals surface area contributed by atoms with E-state index in [2.05, 4.69) is 5.32 Å². The van der Waals surface area contributed by atoms with E-state index in [0.717, 1.165) is 42.7 Å². The zero-order chi connectivity index (χ0) is 13.3. The second-order valence-corrected chi connectivity index (χ2v) is 5.20. The largest absolute Gasteiger partial charge is 0.454 e. The van der Waals surface area contributed by atoms with Crippen LogP contribution in [0.3, 0.4) is 0 Å². The van der Waals surface area contributed by atoms with Gasteiger partial charge in [-0.3, -0.25) is 4.79 Å². The lowest BCUT2D eigenvalue weighted by atomic mass is 9.98. The molecule has 1 fully saturated rings. The Balaban J connectivity index is 1.67. The molecule has 5 heteroatoms. The van der Waals surface area contributed by atoms with Crippen LogP contribution in [0, 0.1) is 0 Å². The number of benzene rings is 1. The quantitative estimate of drug-likeness (QED) is 0.861. The van der Waals surface area contributed by atoms with Crippen molar-refractivity contribution in [3.8, 4) is 11.5 Å². The standard InChI is InChI=1S/C14H18N2O3/c15-14(6-1-2-7-14)13(17)16-8-10-4-3-5-11-12(10)19-9-18-11/h3-5H,1-2,6-9,15H2,(H,16,17). The fourth-order valence-electron chi connectivity index (χ4n) is 2.71. The SMILES string of the molecule is NC1(C(=O)NCc2cccc3c2OCO3)CCCC1. The van der Waals surface area contributed by atoms with Crippen LogP contribution in [-0.4, -0.2) is 18.2 Å². The second kappa shape index (κ2) is 4.74. The number of ether oxygens (including phenoxy) is 2. The first-order valence-corrected chi connectivity index (χ1v) is 6.64. The van der Waals surface area contributed by atoms with Crippen molar-refractivity contribution in [2.45, 2.75) is 37.8 Å². The number of amides is 1. The molecule has 1 heterocycles. The first kappa shape index (κ1) is 12.3. The molecule has 19 heavy (non-hydrogen) atoms. The topological polar surface area (TPSA) is 73.6 Å². The third-order valence-electron chi connectivity index (χ3n) is 3.87. The summed E-state index contributed by atoms with van der Waals surface area (Å²) < 4.78 is 10.7. The van der Waals surface area contributed by atoms with Crippen molar-refractivity contribution in [1.82, 2.24) is 5.32 Å². The number of fused-ring (bicyclic) bond motifs is 1. The normalized spacial score (nSPS) is 19.4. The van der Waals surface area contributed by atoms with Crippen molar-refractivity contribution < 1.29 is 14.3 Å². The molecule has 1 aliphatic heterocycles. The maximum Gasteiger partial charge on any atom is 0.240 e. The first-order chi connectivity index (χ1) is 9.19. The van der Waals surface area contributed by atoms with E-state index in [1.807, 2.05) is 18.2 Å². The molecule has 0 saturated heterocycles. The van der Waals surface area contributed by atoms with E-state index >= 15 is 0 Å². The maximum atomic E-state index is 12.1. The highest BCUT2D eigenvalue weighted by molar-refractivity contribution is 5.86. The van der Waals surface area contributed by atoms with Crippen LogP contribution in [0.5, 0.6) is 11.5 Å². The van der Waals surface area contributed by atoms with Crippen LogP contribution in [0.4, 0.5) is 0 Å². The van der Waals surface area contributed by atoms with Gasteiger partial charge in [0.25, 0.3) is 0 Å². The molecule has 1 saturated carbocycles. The molecule has 3 rings (SSSR count). The zero-order valence-corrected chi connectivity index (χ0v) is 10.8. The van der Waals surface area contributed by atoms with Gasteiger partial charge in [0.05, 0.1) is 5.54 Å². The van der Waals surface area contributed by atoms with E-state index < -0.39 is 5.54 Å². The zero-order valence-electron chi connectivity index (χ0n) is 10.8. The summed E-state index contributed by atoms with van der Waals surface area (Å²) in [7, 11) is 0. The molecule has 0 spiro atoms. The highest BCUT2D eigenvalue weighted by Crippen LogP contribution is 2.35. The lowest BCUT2D eigenvalue weighted by Crippen LogP contribution is -2.51. The van der Waals surface area contributed by atoms with Crippen LogP contribution in [0.25, 0.3) is 0 Å². The van der Waals surface area contributed by atoms with Crippen molar-refractivity contribution >= 4 is 5.91 Å². The third kappa shape index (κ3) is 2.26. The molecule has 1 amide bonds. The van der Waals surface area contributed by atoms with Crippen molar-refractivity contribution in [2.24, 2.45) is 5.73 Å². The molecule has 102 valence electrons. The average Bonchev–Trinajstić information content (AvgIpc) is 3.05. The number of carbonyl (C=O) groups is 1. The van der Waals surface area contributed by atoms with E-state index in [4.69, 9.17) is 15.2 Å². The summed E-state index contributed by atoms with van der Waals surface area (Å²) in [5.41, 5.74) is 6.35. The minimum Gasteiger partial charge on any atom is -0.454 e. The minimum absolute atomic E-state index is 0.0680. The molecule has 3 N–H and O–H groups in total. The summed E-state index contributed by atoms with van der Waals surface area (Å²) in [4.78, 5) is 12.1. The van der Waals surface area contributed by atoms with E-state index in [1.54, 1.807) is 0 Å². The Bertz CT molecular complexity index is 495. The van der Waals surface area contributed by atoms with Gasteiger partial charge in [0, 0.05) is 12.1 Å². The Kier molecular flexibility index (Phi) is 3.06. The molecule has 0 unspecified atom stereocenters. The molecule has 0 aromatic heterocycles. The number of hydrogen-bond acceptors (Lipinski definition) is 4. The Morgan fingerprint density at radius 3 is 2.89 bits per heavy atom. The van der Waals surface area contributed by atoms with Gasteiger partial charge in [0.15, 0.2) is 11.5 Å². The van der Waals surface area contributed by atoms with E-state index in [0.29, 0.717) is 6.54 Å². The third-order valence-corrected chi connectivity index (χ3v) is 3.87. The van der Waals surface area contributed by atoms with Gasteiger partial charge in [-0.25, -0.2) is 0 Å². The highest BCUT2D eigenvalue weighted by atomic mass is 16.7. The number of nitrogens with two attached hydrogens (primary N) is 1. The number of nitrogens with one attached hydrogen (secondary N) is 1. The minimum atomic E-state index is -0.685. The van der Waals surface area contributed by atoms with Crippen molar-refractivity contribution in [1.29, 1.82) is 0 Å². The number of rotatable bonds is 3. The average molecular weight is 262 g/mol.